The number of anilines is 1. The van der Waals surface area contributed by atoms with E-state index >= 15 is 0 Å². The molecule has 1 aliphatic heterocycles. The molecular formula is C22H31N3O. The third-order valence-electron chi connectivity index (χ3n) is 5.25. The molecule has 0 aromatic carbocycles. The molecule has 1 aromatic rings. The predicted molar refractivity (Wildman–Crippen MR) is 109 cm³/mol. The van der Waals surface area contributed by atoms with Crippen LogP contribution in [0.2, 0.25) is 0 Å². The molecule has 0 unspecified atom stereocenters. The summed E-state index contributed by atoms with van der Waals surface area (Å²) in [5, 5.41) is 3.17. The smallest absolute Gasteiger partial charge is 0.128 e. The molecule has 2 fully saturated rings. The number of ether oxygens (including phenoxy) is 1. The summed E-state index contributed by atoms with van der Waals surface area (Å²) in [5.41, 5.74) is 3.77. The highest BCUT2D eigenvalue weighted by Gasteiger charge is 2.33. The molecule has 0 radical (unpaired) electrons. The highest BCUT2D eigenvalue weighted by atomic mass is 16.5. The summed E-state index contributed by atoms with van der Waals surface area (Å²) in [6.45, 7) is 10.5. The maximum Gasteiger partial charge on any atom is 0.128 e. The van der Waals surface area contributed by atoms with Crippen LogP contribution in [0.1, 0.15) is 31.4 Å². The molecule has 1 N–H and O–H groups in total. The first-order valence-electron chi connectivity index (χ1n) is 9.67. The van der Waals surface area contributed by atoms with Crippen molar-refractivity contribution in [3.63, 3.8) is 0 Å². The maximum atomic E-state index is 5.45. The summed E-state index contributed by atoms with van der Waals surface area (Å²) in [7, 11) is 1.96. The number of pyridine rings is 1. The van der Waals surface area contributed by atoms with Crippen LogP contribution in [-0.4, -0.2) is 44.9 Å². The lowest BCUT2D eigenvalue weighted by molar-refractivity contribution is 0.122. The molecule has 140 valence electrons. The number of aromatic nitrogens is 1. The molecule has 0 spiro atoms. The van der Waals surface area contributed by atoms with Crippen LogP contribution in [0.15, 0.2) is 54.2 Å². The van der Waals surface area contributed by atoms with Crippen molar-refractivity contribution in [2.75, 3.05) is 44.8 Å². The predicted octanol–water partition coefficient (Wildman–Crippen LogP) is 3.69. The quantitative estimate of drug-likeness (QED) is 0.759. The van der Waals surface area contributed by atoms with Crippen LogP contribution in [0.3, 0.4) is 0 Å². The molecule has 1 aromatic heterocycles. The Bertz CT molecular complexity index is 668. The Balaban J connectivity index is 1.64. The average Bonchev–Trinajstić information content (AvgIpc) is 2.62. The molecule has 2 aliphatic rings. The zero-order valence-corrected chi connectivity index (χ0v) is 16.1. The monoisotopic (exact) mass is 353 g/mol. The van der Waals surface area contributed by atoms with E-state index in [9.17, 15) is 0 Å². The number of morpholine rings is 1. The summed E-state index contributed by atoms with van der Waals surface area (Å²) >= 11 is 0. The summed E-state index contributed by atoms with van der Waals surface area (Å²) in [6, 6.07) is 6.46. The fraction of sp³-hybridized carbons (Fsp3) is 0.500. The van der Waals surface area contributed by atoms with Gasteiger partial charge in [0.25, 0.3) is 0 Å². The minimum Gasteiger partial charge on any atom is -0.378 e. The topological polar surface area (TPSA) is 37.4 Å². The van der Waals surface area contributed by atoms with E-state index in [0.717, 1.165) is 44.2 Å². The Morgan fingerprint density at radius 1 is 1.35 bits per heavy atom. The van der Waals surface area contributed by atoms with E-state index in [1.807, 2.05) is 7.05 Å². The lowest BCUT2D eigenvalue weighted by atomic mass is 9.69. The van der Waals surface area contributed by atoms with Crippen LogP contribution >= 0.6 is 0 Å². The Labute approximate surface area is 157 Å². The molecule has 1 aliphatic carbocycles. The van der Waals surface area contributed by atoms with E-state index in [4.69, 9.17) is 9.72 Å². The highest BCUT2D eigenvalue weighted by Crippen LogP contribution is 2.45. The van der Waals surface area contributed by atoms with Crippen molar-refractivity contribution in [2.24, 2.45) is 5.92 Å². The molecular weight excluding hydrogens is 322 g/mol. The molecule has 2 heterocycles. The summed E-state index contributed by atoms with van der Waals surface area (Å²) < 4.78 is 5.45. The lowest BCUT2D eigenvalue weighted by Gasteiger charge is -2.37. The summed E-state index contributed by atoms with van der Waals surface area (Å²) in [4.78, 5) is 7.28. The Kier molecular flexibility index (Phi) is 6.64. The number of nitrogens with zero attached hydrogens (tertiary/aromatic N) is 2. The van der Waals surface area contributed by atoms with Gasteiger partial charge in [-0.25, -0.2) is 4.98 Å². The largest absolute Gasteiger partial charge is 0.378 e. The highest BCUT2D eigenvalue weighted by molar-refractivity contribution is 5.41. The third-order valence-corrected chi connectivity index (χ3v) is 5.25. The molecule has 4 heteroatoms. The molecule has 1 saturated carbocycles. The zero-order chi connectivity index (χ0) is 18.4. The van der Waals surface area contributed by atoms with E-state index < -0.39 is 0 Å². The number of likely N-dealkylation sites (N-methyl/N-ethyl adjacent to an activating group) is 1. The molecule has 1 saturated heterocycles. The Morgan fingerprint density at radius 3 is 2.81 bits per heavy atom. The second-order valence-corrected chi connectivity index (χ2v) is 7.22. The average molecular weight is 354 g/mol. The second kappa shape index (κ2) is 9.15. The number of hydrogen-bond acceptors (Lipinski definition) is 4. The van der Waals surface area contributed by atoms with Gasteiger partial charge in [-0.15, -0.1) is 0 Å². The van der Waals surface area contributed by atoms with Gasteiger partial charge in [0.2, 0.25) is 0 Å². The van der Waals surface area contributed by atoms with Crippen molar-refractivity contribution in [2.45, 2.75) is 25.7 Å². The maximum absolute atomic E-state index is 5.45. The van der Waals surface area contributed by atoms with E-state index in [1.54, 1.807) is 0 Å². The zero-order valence-electron chi connectivity index (χ0n) is 16.1. The fourth-order valence-electron chi connectivity index (χ4n) is 3.78. The standard InChI is InChI=1S/C22H31N3O/c1-4-6-18(13-17(2)16-23-3)19-14-20(15-19)21-7-5-8-22(24-21)25-9-11-26-12-10-25/h4-8,13,19-20,23H,2,9-12,14-16H2,1,3H3/b6-4-,18-13+. The van der Waals surface area contributed by atoms with Gasteiger partial charge in [-0.1, -0.05) is 30.9 Å². The van der Waals surface area contributed by atoms with Crippen molar-refractivity contribution in [3.05, 3.63) is 59.8 Å². The van der Waals surface area contributed by atoms with Crippen molar-refractivity contribution >= 4 is 5.82 Å². The van der Waals surface area contributed by atoms with Gasteiger partial charge in [0.1, 0.15) is 5.82 Å². The summed E-state index contributed by atoms with van der Waals surface area (Å²) in [6.07, 6.45) is 8.95. The summed E-state index contributed by atoms with van der Waals surface area (Å²) in [5.74, 6) is 2.27. The van der Waals surface area contributed by atoms with Gasteiger partial charge in [-0.05, 0) is 56.0 Å². The number of rotatable bonds is 7. The van der Waals surface area contributed by atoms with E-state index in [2.05, 4.69) is 60.1 Å². The van der Waals surface area contributed by atoms with Crippen molar-refractivity contribution < 1.29 is 4.74 Å². The lowest BCUT2D eigenvalue weighted by Crippen LogP contribution is -2.37. The minimum atomic E-state index is 0.562. The molecule has 26 heavy (non-hydrogen) atoms. The van der Waals surface area contributed by atoms with Crippen LogP contribution in [0, 0.1) is 5.92 Å². The van der Waals surface area contributed by atoms with Gasteiger partial charge in [-0.2, -0.15) is 0 Å². The Morgan fingerprint density at radius 2 is 2.12 bits per heavy atom. The molecule has 4 nitrogen and oxygen atoms in total. The molecule has 0 bridgehead atoms. The Hall–Kier alpha value is -1.91. The van der Waals surface area contributed by atoms with Crippen LogP contribution in [-0.2, 0) is 4.74 Å². The molecule has 0 atom stereocenters. The first-order chi connectivity index (χ1) is 12.7. The first kappa shape index (κ1) is 18.9. The van der Waals surface area contributed by atoms with Crippen LogP contribution in [0.4, 0.5) is 5.82 Å². The third kappa shape index (κ3) is 4.63. The van der Waals surface area contributed by atoms with Crippen LogP contribution in [0.5, 0.6) is 0 Å². The minimum absolute atomic E-state index is 0.562. The number of allylic oxidation sites excluding steroid dienone is 3. The van der Waals surface area contributed by atoms with Crippen LogP contribution in [0.25, 0.3) is 0 Å². The SMILES string of the molecule is C=C(/C=C(\C=C/C)C1CC(c2cccc(N3CCOCC3)n2)C1)CNC. The number of nitrogens with one attached hydrogen (secondary N) is 1. The van der Waals surface area contributed by atoms with Gasteiger partial charge >= 0.3 is 0 Å². The molecule has 3 rings (SSSR count). The van der Waals surface area contributed by atoms with Crippen molar-refractivity contribution in [1.29, 1.82) is 0 Å². The van der Waals surface area contributed by atoms with E-state index in [-0.39, 0.29) is 0 Å². The van der Waals surface area contributed by atoms with Gasteiger partial charge in [0.15, 0.2) is 0 Å². The van der Waals surface area contributed by atoms with Gasteiger partial charge < -0.3 is 15.0 Å². The van der Waals surface area contributed by atoms with Crippen molar-refractivity contribution in [1.82, 2.24) is 10.3 Å². The number of hydrogen-bond donors (Lipinski definition) is 1. The van der Waals surface area contributed by atoms with E-state index in [0.29, 0.717) is 11.8 Å². The first-order valence-corrected chi connectivity index (χ1v) is 9.67. The van der Waals surface area contributed by atoms with E-state index in [1.165, 1.54) is 24.1 Å². The van der Waals surface area contributed by atoms with Crippen molar-refractivity contribution in [3.8, 4) is 0 Å². The van der Waals surface area contributed by atoms with Gasteiger partial charge in [0, 0.05) is 31.2 Å². The molecule has 0 amide bonds. The normalized spacial score (nSPS) is 23.9. The second-order valence-electron chi connectivity index (χ2n) is 7.22. The van der Waals surface area contributed by atoms with Gasteiger partial charge in [0.05, 0.1) is 13.2 Å². The van der Waals surface area contributed by atoms with Gasteiger partial charge in [-0.3, -0.25) is 0 Å². The van der Waals surface area contributed by atoms with Crippen LogP contribution < -0.4 is 10.2 Å². The fourth-order valence-corrected chi connectivity index (χ4v) is 3.78.